The molecule has 0 unspecified atom stereocenters. The molecule has 4 rings (SSSR count). The van der Waals surface area contributed by atoms with Crippen molar-refractivity contribution in [2.45, 2.75) is 18.9 Å². The van der Waals surface area contributed by atoms with Crippen molar-refractivity contribution < 1.29 is 13.9 Å². The lowest BCUT2D eigenvalue weighted by atomic mass is 10.2. The van der Waals surface area contributed by atoms with Gasteiger partial charge in [-0.15, -0.1) is 15.3 Å². The first kappa shape index (κ1) is 15.5. The number of carbonyl (C=O) groups excluding carboxylic acids is 1. The number of esters is 1. The Morgan fingerprint density at radius 2 is 2.08 bits per heavy atom. The molecule has 1 aromatic carbocycles. The van der Waals surface area contributed by atoms with Crippen molar-refractivity contribution in [2.24, 2.45) is 0 Å². The van der Waals surface area contributed by atoms with Crippen molar-refractivity contribution in [3.8, 4) is 11.4 Å². The third-order valence-corrected chi connectivity index (χ3v) is 4.38. The number of hydrogen-bond acceptors (Lipinski definition) is 6. The van der Waals surface area contributed by atoms with Gasteiger partial charge < -0.3 is 9.64 Å². The van der Waals surface area contributed by atoms with Gasteiger partial charge in [0.05, 0.1) is 12.7 Å². The Bertz CT molecular complexity index is 942. The summed E-state index contributed by atoms with van der Waals surface area (Å²) in [7, 11) is 1.38. The molecule has 2 aromatic heterocycles. The molecule has 0 spiro atoms. The molecular formula is C17H16FN5O2. The van der Waals surface area contributed by atoms with Gasteiger partial charge in [-0.1, -0.05) is 12.1 Å². The fourth-order valence-corrected chi connectivity index (χ4v) is 3.16. The molecule has 1 fully saturated rings. The maximum atomic E-state index is 14.1. The van der Waals surface area contributed by atoms with Crippen LogP contribution < -0.4 is 4.90 Å². The molecule has 0 radical (unpaired) electrons. The van der Waals surface area contributed by atoms with E-state index in [0.717, 1.165) is 12.8 Å². The Morgan fingerprint density at radius 3 is 2.88 bits per heavy atom. The van der Waals surface area contributed by atoms with E-state index in [-0.39, 0.29) is 12.0 Å². The van der Waals surface area contributed by atoms with Gasteiger partial charge in [-0.2, -0.15) is 4.52 Å². The number of anilines is 1. The van der Waals surface area contributed by atoms with E-state index in [4.69, 9.17) is 4.74 Å². The SMILES string of the molecule is COC(=O)[C@@H]1CCCN1c1ccc2nnc(-c3ccccc3F)n2n1. The Balaban J connectivity index is 1.79. The second kappa shape index (κ2) is 6.12. The lowest BCUT2D eigenvalue weighted by Gasteiger charge is -2.23. The van der Waals surface area contributed by atoms with Gasteiger partial charge in [0.25, 0.3) is 0 Å². The first-order valence-corrected chi connectivity index (χ1v) is 8.01. The average molecular weight is 341 g/mol. The monoisotopic (exact) mass is 341 g/mol. The normalized spacial score (nSPS) is 17.2. The zero-order valence-corrected chi connectivity index (χ0v) is 13.6. The molecule has 3 heterocycles. The summed E-state index contributed by atoms with van der Waals surface area (Å²) in [5.74, 6) is 0.261. The molecule has 1 aliphatic heterocycles. The van der Waals surface area contributed by atoms with Crippen molar-refractivity contribution in [2.75, 3.05) is 18.6 Å². The Hall–Kier alpha value is -3.03. The van der Waals surface area contributed by atoms with Gasteiger partial charge in [-0.05, 0) is 37.1 Å². The van der Waals surface area contributed by atoms with Crippen molar-refractivity contribution in [3.05, 3.63) is 42.2 Å². The molecule has 7 nitrogen and oxygen atoms in total. The van der Waals surface area contributed by atoms with Crippen LogP contribution in [-0.4, -0.2) is 45.5 Å². The van der Waals surface area contributed by atoms with Crippen LogP contribution in [0.1, 0.15) is 12.8 Å². The third kappa shape index (κ3) is 2.59. The number of hydrogen-bond donors (Lipinski definition) is 0. The van der Waals surface area contributed by atoms with Crippen LogP contribution in [0, 0.1) is 5.82 Å². The van der Waals surface area contributed by atoms with E-state index < -0.39 is 5.82 Å². The second-order valence-corrected chi connectivity index (χ2v) is 5.84. The van der Waals surface area contributed by atoms with Gasteiger partial charge in [-0.3, -0.25) is 0 Å². The number of halogens is 1. The van der Waals surface area contributed by atoms with E-state index in [1.807, 2.05) is 4.90 Å². The highest BCUT2D eigenvalue weighted by atomic mass is 19.1. The summed E-state index contributed by atoms with van der Waals surface area (Å²) in [4.78, 5) is 13.9. The molecule has 3 aromatic rings. The van der Waals surface area contributed by atoms with Crippen LogP contribution in [0.15, 0.2) is 36.4 Å². The minimum absolute atomic E-state index is 0.280. The zero-order chi connectivity index (χ0) is 17.4. The van der Waals surface area contributed by atoms with Crippen molar-refractivity contribution >= 4 is 17.4 Å². The van der Waals surface area contributed by atoms with E-state index in [1.165, 1.54) is 17.7 Å². The number of methoxy groups -OCH3 is 1. The minimum Gasteiger partial charge on any atom is -0.467 e. The number of nitrogens with zero attached hydrogens (tertiary/aromatic N) is 5. The summed E-state index contributed by atoms with van der Waals surface area (Å²) in [6, 6.07) is 9.54. The minimum atomic E-state index is -0.391. The summed E-state index contributed by atoms with van der Waals surface area (Å²) in [6.45, 7) is 0.704. The fraction of sp³-hybridized carbons (Fsp3) is 0.294. The molecule has 0 bridgehead atoms. The van der Waals surface area contributed by atoms with Gasteiger partial charge in [0.1, 0.15) is 17.7 Å². The number of ether oxygens (including phenoxy) is 1. The number of aromatic nitrogens is 4. The molecule has 0 N–H and O–H groups in total. The topological polar surface area (TPSA) is 72.6 Å². The average Bonchev–Trinajstić information content (AvgIpc) is 3.28. The highest BCUT2D eigenvalue weighted by Crippen LogP contribution is 2.26. The molecular weight excluding hydrogens is 325 g/mol. The Morgan fingerprint density at radius 1 is 1.24 bits per heavy atom. The molecule has 1 aliphatic rings. The first-order valence-electron chi connectivity index (χ1n) is 8.01. The van der Waals surface area contributed by atoms with E-state index >= 15 is 0 Å². The molecule has 0 amide bonds. The number of rotatable bonds is 3. The van der Waals surface area contributed by atoms with E-state index in [0.29, 0.717) is 29.4 Å². The van der Waals surface area contributed by atoms with Gasteiger partial charge in [0.15, 0.2) is 11.5 Å². The summed E-state index contributed by atoms with van der Waals surface area (Å²) < 4.78 is 20.5. The van der Waals surface area contributed by atoms with Gasteiger partial charge >= 0.3 is 5.97 Å². The maximum Gasteiger partial charge on any atom is 0.328 e. The molecule has 1 atom stereocenters. The van der Waals surface area contributed by atoms with Gasteiger partial charge in [-0.25, -0.2) is 9.18 Å². The number of carbonyl (C=O) groups is 1. The van der Waals surface area contributed by atoms with Crippen molar-refractivity contribution in [3.63, 3.8) is 0 Å². The summed E-state index contributed by atoms with van der Waals surface area (Å²) in [6.07, 6.45) is 1.59. The standard InChI is InChI=1S/C17H16FN5O2/c1-25-17(24)13-7-4-10-22(13)15-9-8-14-19-20-16(23(14)21-15)11-5-2-3-6-12(11)18/h2-3,5-6,8-9,13H,4,7,10H2,1H3/t13-/m0/s1. The molecule has 128 valence electrons. The van der Waals surface area contributed by atoms with Crippen LogP contribution in [-0.2, 0) is 9.53 Å². The van der Waals surface area contributed by atoms with Gasteiger partial charge in [0, 0.05) is 6.54 Å². The molecule has 0 saturated carbocycles. The van der Waals surface area contributed by atoms with Crippen LogP contribution in [0.2, 0.25) is 0 Å². The van der Waals surface area contributed by atoms with Crippen LogP contribution in [0.3, 0.4) is 0 Å². The lowest BCUT2D eigenvalue weighted by molar-refractivity contribution is -0.141. The highest BCUT2D eigenvalue weighted by molar-refractivity contribution is 5.80. The lowest BCUT2D eigenvalue weighted by Crippen LogP contribution is -2.37. The second-order valence-electron chi connectivity index (χ2n) is 5.84. The summed E-state index contributed by atoms with van der Waals surface area (Å²) in [5.41, 5.74) is 0.835. The molecule has 1 saturated heterocycles. The van der Waals surface area contributed by atoms with E-state index in [2.05, 4.69) is 15.3 Å². The van der Waals surface area contributed by atoms with Crippen LogP contribution in [0.4, 0.5) is 10.2 Å². The van der Waals surface area contributed by atoms with Crippen LogP contribution in [0.5, 0.6) is 0 Å². The summed E-state index contributed by atoms with van der Waals surface area (Å²) in [5, 5.41) is 12.7. The fourth-order valence-electron chi connectivity index (χ4n) is 3.16. The highest BCUT2D eigenvalue weighted by Gasteiger charge is 2.32. The first-order chi connectivity index (χ1) is 12.2. The summed E-state index contributed by atoms with van der Waals surface area (Å²) >= 11 is 0. The van der Waals surface area contributed by atoms with E-state index in [9.17, 15) is 9.18 Å². The van der Waals surface area contributed by atoms with Crippen LogP contribution in [0.25, 0.3) is 17.0 Å². The Labute approximate surface area is 143 Å². The maximum absolute atomic E-state index is 14.1. The quantitative estimate of drug-likeness (QED) is 0.679. The van der Waals surface area contributed by atoms with E-state index in [1.54, 1.807) is 30.3 Å². The zero-order valence-electron chi connectivity index (χ0n) is 13.6. The molecule has 25 heavy (non-hydrogen) atoms. The van der Waals surface area contributed by atoms with Crippen LogP contribution >= 0.6 is 0 Å². The Kier molecular flexibility index (Phi) is 3.79. The third-order valence-electron chi connectivity index (χ3n) is 4.38. The van der Waals surface area contributed by atoms with Gasteiger partial charge in [0.2, 0.25) is 0 Å². The smallest absolute Gasteiger partial charge is 0.328 e. The molecule has 0 aliphatic carbocycles. The molecule has 8 heteroatoms. The number of benzene rings is 1. The van der Waals surface area contributed by atoms with Crippen molar-refractivity contribution in [1.29, 1.82) is 0 Å². The number of fused-ring (bicyclic) bond motifs is 1. The van der Waals surface area contributed by atoms with Crippen molar-refractivity contribution in [1.82, 2.24) is 19.8 Å². The predicted molar refractivity (Wildman–Crippen MR) is 88.6 cm³/mol. The predicted octanol–water partition coefficient (Wildman–Crippen LogP) is 2.07. The largest absolute Gasteiger partial charge is 0.467 e.